The highest BCUT2D eigenvalue weighted by molar-refractivity contribution is 5.10. The molecule has 0 radical (unpaired) electrons. The van der Waals surface area contributed by atoms with E-state index in [1.165, 1.54) is 0 Å². The minimum Gasteiger partial charge on any atom is -0.474 e. The average Bonchev–Trinajstić information content (AvgIpc) is 1.72. The summed E-state index contributed by atoms with van der Waals surface area (Å²) in [7, 11) is 0. The van der Waals surface area contributed by atoms with Gasteiger partial charge in [0.1, 0.15) is 5.76 Å². The van der Waals surface area contributed by atoms with E-state index in [2.05, 4.69) is 4.90 Å². The maximum absolute atomic E-state index is 5.01. The fraction of sp³-hybridized carbons (Fsp3) is 0.500. The Morgan fingerprint density at radius 1 is 1.83 bits per heavy atom. The zero-order valence-corrected chi connectivity index (χ0v) is 3.35. The second-order valence-electron chi connectivity index (χ2n) is 1.62. The lowest BCUT2D eigenvalue weighted by molar-refractivity contribution is 0.239. The molecule has 3 aliphatic rings. The number of nitrogens with zero attached hydrogens (tertiary/aromatic N) is 1. The Kier molecular flexibility index (Phi) is 0.231. The second kappa shape index (κ2) is 0.555. The first-order valence-corrected chi connectivity index (χ1v) is 2.03. The van der Waals surface area contributed by atoms with Gasteiger partial charge in [0.2, 0.25) is 0 Å². The fourth-order valence-corrected chi connectivity index (χ4v) is 0.709. The van der Waals surface area contributed by atoms with E-state index in [1.807, 2.05) is 6.20 Å². The van der Waals surface area contributed by atoms with Gasteiger partial charge in [-0.05, 0) is 0 Å². The highest BCUT2D eigenvalue weighted by Crippen LogP contribution is 2.21. The van der Waals surface area contributed by atoms with E-state index in [0.29, 0.717) is 0 Å². The summed E-state index contributed by atoms with van der Waals surface area (Å²) in [6.45, 7) is 1.86. The normalized spacial score (nSPS) is 25.3. The molecule has 0 atom stereocenters. The highest BCUT2D eigenvalue weighted by Gasteiger charge is 2.23. The van der Waals surface area contributed by atoms with Crippen molar-refractivity contribution in [2.75, 3.05) is 13.3 Å². The monoisotopic (exact) mass is 83.0 g/mol. The van der Waals surface area contributed by atoms with E-state index in [-0.39, 0.29) is 0 Å². The van der Waals surface area contributed by atoms with Gasteiger partial charge >= 0.3 is 0 Å². The zero-order chi connectivity index (χ0) is 3.98. The van der Waals surface area contributed by atoms with Crippen LogP contribution in [0.2, 0.25) is 0 Å². The molecule has 3 rings (SSSR count). The van der Waals surface area contributed by atoms with E-state index in [9.17, 15) is 0 Å². The van der Waals surface area contributed by atoms with E-state index in [4.69, 9.17) is 4.74 Å². The van der Waals surface area contributed by atoms with Gasteiger partial charge in [-0.3, -0.25) is 0 Å². The molecule has 0 unspecified atom stereocenters. The summed E-state index contributed by atoms with van der Waals surface area (Å²) < 4.78 is 5.01. The molecule has 32 valence electrons. The van der Waals surface area contributed by atoms with Gasteiger partial charge < -0.3 is 9.64 Å². The summed E-state index contributed by atoms with van der Waals surface area (Å²) in [5.74, 6) is 1.15. The molecular formula is C4H5NO. The van der Waals surface area contributed by atoms with Crippen LogP contribution in [0.25, 0.3) is 0 Å². The van der Waals surface area contributed by atoms with Crippen LogP contribution in [0, 0.1) is 0 Å². The van der Waals surface area contributed by atoms with Crippen LogP contribution in [0.5, 0.6) is 0 Å². The van der Waals surface area contributed by atoms with Crippen LogP contribution >= 0.6 is 0 Å². The fourth-order valence-electron chi connectivity index (χ4n) is 0.709. The van der Waals surface area contributed by atoms with E-state index >= 15 is 0 Å². The van der Waals surface area contributed by atoms with Gasteiger partial charge in [-0.25, -0.2) is 0 Å². The van der Waals surface area contributed by atoms with E-state index in [1.54, 1.807) is 0 Å². The van der Waals surface area contributed by atoms with Crippen LogP contribution in [-0.4, -0.2) is 18.2 Å². The van der Waals surface area contributed by atoms with Gasteiger partial charge in [0.25, 0.3) is 0 Å². The molecule has 6 heavy (non-hydrogen) atoms. The van der Waals surface area contributed by atoms with Crippen molar-refractivity contribution in [3.63, 3.8) is 0 Å². The second-order valence-corrected chi connectivity index (χ2v) is 1.62. The molecule has 2 nitrogen and oxygen atoms in total. The minimum atomic E-state index is 0.801. The highest BCUT2D eigenvalue weighted by atomic mass is 16.5. The molecule has 0 amide bonds. The van der Waals surface area contributed by atoms with Gasteiger partial charge in [0.05, 0.1) is 6.54 Å². The van der Waals surface area contributed by atoms with Crippen molar-refractivity contribution in [3.05, 3.63) is 12.0 Å². The van der Waals surface area contributed by atoms with Gasteiger partial charge in [-0.15, -0.1) is 0 Å². The first-order valence-electron chi connectivity index (χ1n) is 2.03. The van der Waals surface area contributed by atoms with Gasteiger partial charge in [-0.2, -0.15) is 0 Å². The SMILES string of the molecule is C1=C2CN1CO2. The van der Waals surface area contributed by atoms with Crippen LogP contribution in [0.1, 0.15) is 0 Å². The molecule has 1 fully saturated rings. The third kappa shape index (κ3) is 0.120. The molecule has 0 aromatic heterocycles. The van der Waals surface area contributed by atoms with Crippen molar-refractivity contribution in [1.82, 2.24) is 4.90 Å². The van der Waals surface area contributed by atoms with Crippen LogP contribution < -0.4 is 0 Å². The third-order valence-electron chi connectivity index (χ3n) is 1.10. The Morgan fingerprint density at radius 2 is 2.67 bits per heavy atom. The molecule has 2 heteroatoms. The molecule has 0 aromatic rings. The molecule has 0 saturated carbocycles. The molecular weight excluding hydrogens is 78.0 g/mol. The van der Waals surface area contributed by atoms with Gasteiger partial charge in [0.15, 0.2) is 6.73 Å². The molecule has 0 N–H and O–H groups in total. The minimum absolute atomic E-state index is 0.801. The number of fused-ring (bicyclic) bond motifs is 1. The summed E-state index contributed by atoms with van der Waals surface area (Å²) in [5.41, 5.74) is 0. The molecule has 0 aliphatic carbocycles. The zero-order valence-electron chi connectivity index (χ0n) is 3.35. The maximum atomic E-state index is 5.01. The Hall–Kier alpha value is -0.660. The van der Waals surface area contributed by atoms with Crippen molar-refractivity contribution in [1.29, 1.82) is 0 Å². The van der Waals surface area contributed by atoms with Crippen LogP contribution in [0.4, 0.5) is 0 Å². The number of hydrogen-bond acceptors (Lipinski definition) is 2. The van der Waals surface area contributed by atoms with E-state index < -0.39 is 0 Å². The summed E-state index contributed by atoms with van der Waals surface area (Å²) >= 11 is 0. The number of hydrogen-bond donors (Lipinski definition) is 0. The van der Waals surface area contributed by atoms with Crippen molar-refractivity contribution in [2.24, 2.45) is 0 Å². The molecule has 3 heterocycles. The Labute approximate surface area is 36.0 Å². The predicted molar refractivity (Wildman–Crippen MR) is 20.7 cm³/mol. The van der Waals surface area contributed by atoms with Crippen molar-refractivity contribution in [2.45, 2.75) is 0 Å². The molecule has 0 aromatic carbocycles. The van der Waals surface area contributed by atoms with Crippen LogP contribution in [-0.2, 0) is 4.74 Å². The molecule has 0 spiro atoms. The standard InChI is InChI=1S/C4H5NO/c1-4-2-5(1)3-6-4/h1H,2-3H2. The van der Waals surface area contributed by atoms with E-state index in [0.717, 1.165) is 19.0 Å². The predicted octanol–water partition coefficient (Wildman–Crippen LogP) is 0.131. The van der Waals surface area contributed by atoms with Crippen molar-refractivity contribution >= 4 is 0 Å². The van der Waals surface area contributed by atoms with Crippen molar-refractivity contribution in [3.8, 4) is 0 Å². The number of rotatable bonds is 0. The Bertz CT molecular complexity index is 104. The smallest absolute Gasteiger partial charge is 0.161 e. The summed E-state index contributed by atoms with van der Waals surface area (Å²) in [5, 5.41) is 0. The average molecular weight is 83.1 g/mol. The molecule has 3 aliphatic heterocycles. The molecule has 2 bridgehead atoms. The van der Waals surface area contributed by atoms with Gasteiger partial charge in [0, 0.05) is 6.20 Å². The van der Waals surface area contributed by atoms with Crippen LogP contribution in [0.15, 0.2) is 12.0 Å². The summed E-state index contributed by atoms with van der Waals surface area (Å²) in [6.07, 6.45) is 2.03. The quantitative estimate of drug-likeness (QED) is 0.412. The maximum Gasteiger partial charge on any atom is 0.161 e. The lowest BCUT2D eigenvalue weighted by Crippen LogP contribution is -2.17. The summed E-state index contributed by atoms with van der Waals surface area (Å²) in [6, 6.07) is 0. The van der Waals surface area contributed by atoms with Crippen molar-refractivity contribution < 1.29 is 4.74 Å². The first-order chi connectivity index (χ1) is 2.95. The number of ether oxygens (including phenoxy) is 1. The summed E-state index contributed by atoms with van der Waals surface area (Å²) in [4.78, 5) is 2.12. The molecule has 1 saturated heterocycles. The lowest BCUT2D eigenvalue weighted by atomic mass is 10.4. The lowest BCUT2D eigenvalue weighted by Gasteiger charge is -2.10. The third-order valence-corrected chi connectivity index (χ3v) is 1.10. The topological polar surface area (TPSA) is 12.5 Å². The Balaban J connectivity index is 2.39. The first kappa shape index (κ1) is 2.50. The van der Waals surface area contributed by atoms with Crippen LogP contribution in [0.3, 0.4) is 0 Å². The largest absolute Gasteiger partial charge is 0.474 e. The Morgan fingerprint density at radius 3 is 2.83 bits per heavy atom. The van der Waals surface area contributed by atoms with Gasteiger partial charge in [-0.1, -0.05) is 0 Å².